The molecule has 0 spiro atoms. The molecule has 0 aliphatic carbocycles. The lowest BCUT2D eigenvalue weighted by molar-refractivity contribution is -0.384. The Morgan fingerprint density at radius 3 is 2.61 bits per heavy atom. The first kappa shape index (κ1) is 22.0. The number of carbonyl (C=O) groups excluding carboxylic acids is 1. The Labute approximate surface area is 183 Å². The molecular formula is C22H19ClN2O6. The molecule has 8 nitrogen and oxygen atoms in total. The van der Waals surface area contributed by atoms with E-state index in [-0.39, 0.29) is 23.9 Å². The van der Waals surface area contributed by atoms with Crippen molar-refractivity contribution in [1.29, 1.82) is 0 Å². The van der Waals surface area contributed by atoms with E-state index in [4.69, 9.17) is 25.8 Å². The number of carbonyl (C=O) groups is 1. The molecule has 1 heterocycles. The van der Waals surface area contributed by atoms with E-state index in [1.165, 1.54) is 30.3 Å². The monoisotopic (exact) mass is 442 g/mol. The molecule has 0 atom stereocenters. The van der Waals surface area contributed by atoms with Gasteiger partial charge in [0, 0.05) is 17.7 Å². The number of benzene rings is 2. The predicted molar refractivity (Wildman–Crippen MR) is 117 cm³/mol. The number of hydrogen-bond acceptors (Lipinski definition) is 7. The number of hydrogen-bond donors (Lipinski definition) is 0. The van der Waals surface area contributed by atoms with Gasteiger partial charge in [0.05, 0.1) is 16.6 Å². The lowest BCUT2D eigenvalue weighted by Crippen LogP contribution is -2.05. The molecular weight excluding hydrogens is 424 g/mol. The van der Waals surface area contributed by atoms with Crippen LogP contribution < -0.4 is 9.47 Å². The SMILES string of the molecule is C=C(C)COc1c(Cl)cc(/C=C2\N=C(c3ccc([N+](=O)[O-])cc3)OC2=O)cc1OCC. The quantitative estimate of drug-likeness (QED) is 0.188. The van der Waals surface area contributed by atoms with E-state index in [1.54, 1.807) is 12.1 Å². The lowest BCUT2D eigenvalue weighted by Gasteiger charge is -2.14. The van der Waals surface area contributed by atoms with Gasteiger partial charge in [0.1, 0.15) is 6.61 Å². The average Bonchev–Trinajstić information content (AvgIpc) is 3.07. The van der Waals surface area contributed by atoms with Gasteiger partial charge < -0.3 is 14.2 Å². The van der Waals surface area contributed by atoms with Crippen molar-refractivity contribution >= 4 is 35.2 Å². The van der Waals surface area contributed by atoms with Crippen molar-refractivity contribution in [3.8, 4) is 11.5 Å². The molecule has 1 aliphatic rings. The zero-order chi connectivity index (χ0) is 22.5. The Hall–Kier alpha value is -3.65. The van der Waals surface area contributed by atoms with E-state index in [0.717, 1.165) is 5.57 Å². The minimum absolute atomic E-state index is 0.0578. The van der Waals surface area contributed by atoms with Gasteiger partial charge in [-0.2, -0.15) is 0 Å². The Balaban J connectivity index is 1.91. The second-order valence-electron chi connectivity index (χ2n) is 6.65. The largest absolute Gasteiger partial charge is 0.490 e. The number of cyclic esters (lactones) is 1. The first-order valence-corrected chi connectivity index (χ1v) is 9.67. The number of aliphatic imine (C=N–C) groups is 1. The van der Waals surface area contributed by atoms with Gasteiger partial charge in [0.25, 0.3) is 5.69 Å². The molecule has 0 saturated heterocycles. The van der Waals surface area contributed by atoms with Crippen molar-refractivity contribution in [2.24, 2.45) is 4.99 Å². The highest BCUT2D eigenvalue weighted by Gasteiger charge is 2.25. The fourth-order valence-electron chi connectivity index (χ4n) is 2.69. The smallest absolute Gasteiger partial charge is 0.363 e. The van der Waals surface area contributed by atoms with Gasteiger partial charge in [-0.05, 0) is 55.3 Å². The van der Waals surface area contributed by atoms with Crippen molar-refractivity contribution in [3.05, 3.63) is 80.5 Å². The zero-order valence-electron chi connectivity index (χ0n) is 16.9. The number of rotatable bonds is 8. The fraction of sp³-hybridized carbons (Fsp3) is 0.182. The van der Waals surface area contributed by atoms with Crippen LogP contribution in [0.3, 0.4) is 0 Å². The molecule has 0 saturated carbocycles. The number of ether oxygens (including phenoxy) is 3. The molecule has 2 aromatic carbocycles. The maximum Gasteiger partial charge on any atom is 0.363 e. The molecule has 0 N–H and O–H groups in total. The fourth-order valence-corrected chi connectivity index (χ4v) is 2.96. The second kappa shape index (κ2) is 9.44. The Bertz CT molecular complexity index is 1110. The highest BCUT2D eigenvalue weighted by atomic mass is 35.5. The van der Waals surface area contributed by atoms with Gasteiger partial charge in [-0.3, -0.25) is 10.1 Å². The van der Waals surface area contributed by atoms with E-state index in [9.17, 15) is 14.9 Å². The highest BCUT2D eigenvalue weighted by molar-refractivity contribution is 6.32. The summed E-state index contributed by atoms with van der Waals surface area (Å²) in [5.41, 5.74) is 1.82. The third-order valence-electron chi connectivity index (χ3n) is 4.04. The Kier molecular flexibility index (Phi) is 6.71. The summed E-state index contributed by atoms with van der Waals surface area (Å²) < 4.78 is 16.5. The van der Waals surface area contributed by atoms with Crippen LogP contribution in [0.2, 0.25) is 5.02 Å². The van der Waals surface area contributed by atoms with Crippen molar-refractivity contribution in [2.45, 2.75) is 13.8 Å². The number of nitro benzene ring substituents is 1. The van der Waals surface area contributed by atoms with Gasteiger partial charge in [-0.1, -0.05) is 18.2 Å². The van der Waals surface area contributed by atoms with Gasteiger partial charge >= 0.3 is 5.97 Å². The predicted octanol–water partition coefficient (Wildman–Crippen LogP) is 4.95. The van der Waals surface area contributed by atoms with Crippen LogP contribution in [0.5, 0.6) is 11.5 Å². The zero-order valence-corrected chi connectivity index (χ0v) is 17.6. The summed E-state index contributed by atoms with van der Waals surface area (Å²) in [6.45, 7) is 8.14. The minimum Gasteiger partial charge on any atom is -0.490 e. The highest BCUT2D eigenvalue weighted by Crippen LogP contribution is 2.38. The van der Waals surface area contributed by atoms with Gasteiger partial charge in [-0.15, -0.1) is 0 Å². The van der Waals surface area contributed by atoms with Gasteiger partial charge in [0.15, 0.2) is 17.2 Å². The van der Waals surface area contributed by atoms with Crippen LogP contribution in [0.15, 0.2) is 59.2 Å². The molecule has 2 aromatic rings. The first-order chi connectivity index (χ1) is 14.8. The summed E-state index contributed by atoms with van der Waals surface area (Å²) in [4.78, 5) is 26.7. The van der Waals surface area contributed by atoms with Crippen LogP contribution in [0, 0.1) is 10.1 Å². The molecule has 0 amide bonds. The maximum atomic E-state index is 12.3. The minimum atomic E-state index is -0.648. The number of nitro groups is 1. The van der Waals surface area contributed by atoms with E-state index in [1.807, 2.05) is 13.8 Å². The molecule has 3 rings (SSSR count). The van der Waals surface area contributed by atoms with Gasteiger partial charge in [0.2, 0.25) is 5.90 Å². The normalized spacial score (nSPS) is 14.2. The molecule has 31 heavy (non-hydrogen) atoms. The van der Waals surface area contributed by atoms with Crippen LogP contribution >= 0.6 is 11.6 Å². The van der Waals surface area contributed by atoms with Crippen molar-refractivity contribution in [3.63, 3.8) is 0 Å². The summed E-state index contributed by atoms with van der Waals surface area (Å²) in [7, 11) is 0. The standard InChI is InChI=1S/C22H19ClN2O6/c1-4-29-19-11-14(9-17(23)20(19)30-12-13(2)3)10-18-22(26)31-21(24-18)15-5-7-16(8-6-15)25(27)28/h5-11H,2,4,12H2,1,3H3/b18-10-. The third-order valence-corrected chi connectivity index (χ3v) is 4.32. The van der Waals surface area contributed by atoms with E-state index in [0.29, 0.717) is 34.3 Å². The second-order valence-corrected chi connectivity index (χ2v) is 7.06. The Morgan fingerprint density at radius 2 is 2.00 bits per heavy atom. The van der Waals surface area contributed by atoms with Crippen molar-refractivity contribution in [1.82, 2.24) is 0 Å². The number of halogens is 1. The summed E-state index contributed by atoms with van der Waals surface area (Å²) in [6, 6.07) is 8.85. The van der Waals surface area contributed by atoms with Crippen LogP contribution in [0.25, 0.3) is 6.08 Å². The topological polar surface area (TPSA) is 100 Å². The summed E-state index contributed by atoms with van der Waals surface area (Å²) in [5.74, 6) is 0.223. The van der Waals surface area contributed by atoms with Gasteiger partial charge in [-0.25, -0.2) is 9.79 Å². The van der Waals surface area contributed by atoms with Crippen LogP contribution in [-0.2, 0) is 9.53 Å². The van der Waals surface area contributed by atoms with Crippen LogP contribution in [0.4, 0.5) is 5.69 Å². The summed E-state index contributed by atoms with van der Waals surface area (Å²) in [5, 5.41) is 11.1. The number of nitrogens with zero attached hydrogens (tertiary/aromatic N) is 2. The number of esters is 1. The van der Waals surface area contributed by atoms with E-state index >= 15 is 0 Å². The molecule has 0 radical (unpaired) electrons. The van der Waals surface area contributed by atoms with Crippen LogP contribution in [0.1, 0.15) is 25.0 Å². The molecule has 1 aliphatic heterocycles. The van der Waals surface area contributed by atoms with E-state index in [2.05, 4.69) is 11.6 Å². The molecule has 0 fully saturated rings. The maximum absolute atomic E-state index is 12.3. The molecule has 0 aromatic heterocycles. The molecule has 9 heteroatoms. The Morgan fingerprint density at radius 1 is 1.29 bits per heavy atom. The number of non-ortho nitro benzene ring substituents is 1. The first-order valence-electron chi connectivity index (χ1n) is 9.29. The van der Waals surface area contributed by atoms with E-state index < -0.39 is 10.9 Å². The molecule has 160 valence electrons. The summed E-state index contributed by atoms with van der Waals surface area (Å²) >= 11 is 6.37. The van der Waals surface area contributed by atoms with Crippen LogP contribution in [-0.4, -0.2) is 30.0 Å². The molecule has 0 unspecified atom stereocenters. The molecule has 0 bridgehead atoms. The van der Waals surface area contributed by atoms with Crippen molar-refractivity contribution in [2.75, 3.05) is 13.2 Å². The van der Waals surface area contributed by atoms with Crippen molar-refractivity contribution < 1.29 is 23.9 Å². The summed E-state index contributed by atoms with van der Waals surface area (Å²) in [6.07, 6.45) is 1.51. The average molecular weight is 443 g/mol. The lowest BCUT2D eigenvalue weighted by atomic mass is 10.1. The third kappa shape index (κ3) is 5.29.